The Morgan fingerprint density at radius 3 is 2.65 bits per heavy atom. The van der Waals surface area contributed by atoms with E-state index in [1.807, 2.05) is 32.0 Å². The number of likely N-dealkylation sites (tertiary alicyclic amines) is 1. The zero-order valence-electron chi connectivity index (χ0n) is 27.3. The van der Waals surface area contributed by atoms with Crippen molar-refractivity contribution in [2.75, 3.05) is 39.9 Å². The molecule has 3 aromatic heterocycles. The van der Waals surface area contributed by atoms with E-state index in [9.17, 15) is 14.4 Å². The van der Waals surface area contributed by atoms with Gasteiger partial charge < -0.3 is 34.2 Å². The number of fused-ring (bicyclic) bond motifs is 5. The smallest absolute Gasteiger partial charge is 0.300 e. The Morgan fingerprint density at radius 1 is 1.12 bits per heavy atom. The predicted octanol–water partition coefficient (Wildman–Crippen LogP) is 2.40. The lowest BCUT2D eigenvalue weighted by atomic mass is 9.94. The summed E-state index contributed by atoms with van der Waals surface area (Å²) >= 11 is 0. The number of nitrogens with zero attached hydrogens (tertiary/aromatic N) is 6. The Kier molecular flexibility index (Phi) is 10.6. The highest BCUT2D eigenvalue weighted by molar-refractivity contribution is 5.96. The van der Waals surface area contributed by atoms with Crippen LogP contribution in [0.3, 0.4) is 0 Å². The number of aryl methyl sites for hydroxylation is 2. The molecule has 254 valence electrons. The molecule has 0 unspecified atom stereocenters. The molecular formula is C33H39N7O8. The number of carboxylic acids is 1. The number of ether oxygens (including phenoxy) is 2. The molecule has 0 radical (unpaired) electrons. The molecule has 48 heavy (non-hydrogen) atoms. The van der Waals surface area contributed by atoms with Crippen LogP contribution in [-0.4, -0.2) is 104 Å². The molecule has 2 aliphatic heterocycles. The molecule has 15 nitrogen and oxygen atoms in total. The lowest BCUT2D eigenvalue weighted by Crippen LogP contribution is -2.47. The zero-order chi connectivity index (χ0) is 34.4. The fourth-order valence-electron chi connectivity index (χ4n) is 6.02. The third-order valence-corrected chi connectivity index (χ3v) is 8.38. The largest absolute Gasteiger partial charge is 0.493 e. The van der Waals surface area contributed by atoms with Crippen LogP contribution in [0.15, 0.2) is 47.4 Å². The monoisotopic (exact) mass is 661 g/mol. The minimum Gasteiger partial charge on any atom is -0.493 e. The van der Waals surface area contributed by atoms with Crippen molar-refractivity contribution in [3.05, 3.63) is 71.0 Å². The van der Waals surface area contributed by atoms with Gasteiger partial charge in [0, 0.05) is 50.7 Å². The van der Waals surface area contributed by atoms with Gasteiger partial charge in [-0.1, -0.05) is 11.2 Å². The number of pyridine rings is 1. The van der Waals surface area contributed by atoms with E-state index in [2.05, 4.69) is 20.6 Å². The minimum absolute atomic E-state index is 0.0156. The van der Waals surface area contributed by atoms with Crippen molar-refractivity contribution in [1.29, 1.82) is 0 Å². The van der Waals surface area contributed by atoms with Gasteiger partial charge in [-0.3, -0.25) is 19.2 Å². The van der Waals surface area contributed by atoms with Gasteiger partial charge in [0.2, 0.25) is 11.8 Å². The molecule has 0 saturated carbocycles. The number of methoxy groups -OCH3 is 1. The van der Waals surface area contributed by atoms with Crippen LogP contribution in [0.2, 0.25) is 0 Å². The average molecular weight is 662 g/mol. The fourth-order valence-corrected chi connectivity index (χ4v) is 6.02. The Labute approximate surface area is 276 Å². The Hall–Kier alpha value is -5.47. The zero-order valence-corrected chi connectivity index (χ0v) is 27.3. The van der Waals surface area contributed by atoms with E-state index in [0.29, 0.717) is 74.0 Å². The van der Waals surface area contributed by atoms with E-state index >= 15 is 0 Å². The summed E-state index contributed by atoms with van der Waals surface area (Å²) < 4.78 is 18.5. The summed E-state index contributed by atoms with van der Waals surface area (Å²) in [6, 6.07) is 8.75. The quantitative estimate of drug-likeness (QED) is 0.321. The molecule has 2 bridgehead atoms. The third-order valence-electron chi connectivity index (χ3n) is 8.38. The highest BCUT2D eigenvalue weighted by atomic mass is 16.5. The number of hydrogen-bond donors (Lipinski definition) is 2. The number of benzene rings is 1. The number of hydrogen-bond acceptors (Lipinski definition) is 10. The van der Waals surface area contributed by atoms with Crippen LogP contribution in [-0.2, 0) is 20.8 Å². The standard InChI is InChI=1S/C31H35N7O6.C2H4O2/c1-19-23(20(2)44-35-19)7-10-30(40)37-15-24-21-5-8-26(42-3)27(13-21)43-12-4-11-36(17-29(39)34-25(24)16-37)31(41)22-6-9-28-32-18-33-38(28)14-22;1-2(3)4/h5-6,8-9,13-14,18,24-25H,4,7,10-12,15-17H2,1-3H3,(H,34,39);1H3,(H,3,4)/t24-,25+;/m1./s1. The lowest BCUT2D eigenvalue weighted by Gasteiger charge is -2.24. The number of carbonyl (C=O) groups excluding carboxylic acids is 3. The maximum absolute atomic E-state index is 13.6. The first-order chi connectivity index (χ1) is 23.0. The third kappa shape index (κ3) is 7.90. The summed E-state index contributed by atoms with van der Waals surface area (Å²) in [5, 5.41) is 18.7. The molecular weight excluding hydrogens is 622 g/mol. The van der Waals surface area contributed by atoms with E-state index < -0.39 is 5.97 Å². The van der Waals surface area contributed by atoms with E-state index in [1.54, 1.807) is 30.3 Å². The molecule has 5 heterocycles. The van der Waals surface area contributed by atoms with Gasteiger partial charge >= 0.3 is 0 Å². The normalized spacial score (nSPS) is 17.9. The van der Waals surface area contributed by atoms with Gasteiger partial charge in [-0.25, -0.2) is 9.50 Å². The van der Waals surface area contributed by atoms with Gasteiger partial charge in [0.1, 0.15) is 12.1 Å². The molecule has 2 atom stereocenters. The number of aliphatic carboxylic acids is 1. The second-order valence-corrected chi connectivity index (χ2v) is 11.7. The summed E-state index contributed by atoms with van der Waals surface area (Å²) in [6.45, 7) is 6.03. The van der Waals surface area contributed by atoms with Crippen molar-refractivity contribution >= 4 is 29.3 Å². The maximum atomic E-state index is 13.6. The van der Waals surface area contributed by atoms with Crippen molar-refractivity contribution in [2.45, 2.75) is 52.0 Å². The van der Waals surface area contributed by atoms with Gasteiger partial charge in [-0.15, -0.1) is 0 Å². The molecule has 0 spiro atoms. The molecule has 3 amide bonds. The van der Waals surface area contributed by atoms with Crippen LogP contribution in [0.1, 0.15) is 58.6 Å². The number of nitrogens with one attached hydrogen (secondary N) is 1. The molecule has 1 fully saturated rings. The van der Waals surface area contributed by atoms with Crippen molar-refractivity contribution < 1.29 is 38.3 Å². The average Bonchev–Trinajstić information content (AvgIpc) is 3.78. The molecule has 1 aromatic carbocycles. The number of amides is 3. The minimum atomic E-state index is -0.833. The van der Waals surface area contributed by atoms with Crippen molar-refractivity contribution in [3.8, 4) is 11.5 Å². The SMILES string of the molecule is CC(=O)O.COc1ccc2cc1OCCCN(C(=O)c1ccc3ncnn3c1)CC(=O)N[C@H]1CN(C(=O)CCc3c(C)noc3C)C[C@H]21. The molecule has 2 aliphatic rings. The van der Waals surface area contributed by atoms with Crippen LogP contribution in [0.4, 0.5) is 0 Å². The highest BCUT2D eigenvalue weighted by Crippen LogP contribution is 2.35. The molecule has 1 saturated heterocycles. The number of carbonyl (C=O) groups is 4. The summed E-state index contributed by atoms with van der Waals surface area (Å²) in [5.41, 5.74) is 3.67. The van der Waals surface area contributed by atoms with Gasteiger partial charge in [-0.05, 0) is 56.5 Å². The maximum Gasteiger partial charge on any atom is 0.300 e. The lowest BCUT2D eigenvalue weighted by molar-refractivity contribution is -0.134. The van der Waals surface area contributed by atoms with Crippen molar-refractivity contribution in [1.82, 2.24) is 34.9 Å². The summed E-state index contributed by atoms with van der Waals surface area (Å²) in [6.07, 6.45) is 4.34. The van der Waals surface area contributed by atoms with Gasteiger partial charge in [0.25, 0.3) is 11.9 Å². The Balaban J connectivity index is 0.00000107. The van der Waals surface area contributed by atoms with E-state index in [1.165, 1.54) is 15.7 Å². The van der Waals surface area contributed by atoms with E-state index in [0.717, 1.165) is 23.7 Å². The van der Waals surface area contributed by atoms with E-state index in [4.69, 9.17) is 23.9 Å². The van der Waals surface area contributed by atoms with Gasteiger partial charge in [-0.2, -0.15) is 5.10 Å². The Bertz CT molecular complexity index is 1780. The number of rotatable bonds is 5. The van der Waals surface area contributed by atoms with Crippen molar-refractivity contribution in [2.24, 2.45) is 0 Å². The van der Waals surface area contributed by atoms with Crippen LogP contribution >= 0.6 is 0 Å². The van der Waals surface area contributed by atoms with E-state index in [-0.39, 0.29) is 36.2 Å². The fraction of sp³-hybridized carbons (Fsp3) is 0.424. The highest BCUT2D eigenvalue weighted by Gasteiger charge is 2.38. The summed E-state index contributed by atoms with van der Waals surface area (Å²) in [5.74, 6) is 0.245. The topological polar surface area (TPSA) is 182 Å². The second kappa shape index (κ2) is 15.0. The van der Waals surface area contributed by atoms with Crippen LogP contribution in [0, 0.1) is 13.8 Å². The Morgan fingerprint density at radius 2 is 1.92 bits per heavy atom. The summed E-state index contributed by atoms with van der Waals surface area (Å²) in [7, 11) is 1.58. The van der Waals surface area contributed by atoms with Crippen LogP contribution in [0.5, 0.6) is 11.5 Å². The predicted molar refractivity (Wildman–Crippen MR) is 171 cm³/mol. The molecule has 0 aliphatic carbocycles. The van der Waals surface area contributed by atoms with Crippen molar-refractivity contribution in [3.63, 3.8) is 0 Å². The number of aromatic nitrogens is 4. The number of carboxylic acid groups (broad SMARTS) is 1. The van der Waals surface area contributed by atoms with Crippen LogP contribution in [0.25, 0.3) is 5.65 Å². The molecule has 6 rings (SSSR count). The summed E-state index contributed by atoms with van der Waals surface area (Å²) in [4.78, 5) is 56.9. The molecule has 4 aromatic rings. The first-order valence-electron chi connectivity index (χ1n) is 15.6. The second-order valence-electron chi connectivity index (χ2n) is 11.7. The molecule has 2 N–H and O–H groups in total. The first-order valence-corrected chi connectivity index (χ1v) is 15.6. The van der Waals surface area contributed by atoms with Gasteiger partial charge in [0.15, 0.2) is 17.1 Å². The first kappa shape index (κ1) is 33.9. The van der Waals surface area contributed by atoms with Gasteiger partial charge in [0.05, 0.1) is 37.6 Å². The van der Waals surface area contributed by atoms with Crippen LogP contribution < -0.4 is 14.8 Å². The molecule has 15 heteroatoms.